The molecule has 0 aliphatic carbocycles. The van der Waals surface area contributed by atoms with Gasteiger partial charge in [0, 0.05) is 50.7 Å². The first-order valence-electron chi connectivity index (χ1n) is 10.5. The monoisotopic (exact) mass is 418 g/mol. The van der Waals surface area contributed by atoms with Gasteiger partial charge in [0.2, 0.25) is 11.8 Å². The number of thioether (sulfide) groups is 1. The summed E-state index contributed by atoms with van der Waals surface area (Å²) in [6.07, 6.45) is 1.09. The Labute approximate surface area is 176 Å². The molecule has 2 fully saturated rings. The number of benzene rings is 1. The molecule has 158 valence electrons. The largest absolute Gasteiger partial charge is 0.378 e. The average molecular weight is 419 g/mol. The average Bonchev–Trinajstić information content (AvgIpc) is 2.97. The molecule has 1 aromatic carbocycles. The Balaban J connectivity index is 1.26. The van der Waals surface area contributed by atoms with Crippen LogP contribution in [0.3, 0.4) is 0 Å². The van der Waals surface area contributed by atoms with E-state index in [0.29, 0.717) is 52.5 Å². The summed E-state index contributed by atoms with van der Waals surface area (Å²) in [5, 5.41) is 0. The molecule has 0 radical (unpaired) electrons. The van der Waals surface area contributed by atoms with E-state index >= 15 is 0 Å². The highest BCUT2D eigenvalue weighted by atomic mass is 32.2. The predicted molar refractivity (Wildman–Crippen MR) is 114 cm³/mol. The molecule has 29 heavy (non-hydrogen) atoms. The second-order valence-corrected chi connectivity index (χ2v) is 8.88. The van der Waals surface area contributed by atoms with Crippen LogP contribution in [0.25, 0.3) is 0 Å². The van der Waals surface area contributed by atoms with E-state index in [1.54, 1.807) is 0 Å². The second kappa shape index (κ2) is 9.82. The quantitative estimate of drug-likeness (QED) is 0.727. The van der Waals surface area contributed by atoms with Gasteiger partial charge in [-0.2, -0.15) is 0 Å². The number of morpholine rings is 1. The predicted octanol–water partition coefficient (Wildman–Crippen LogP) is 0.992. The van der Waals surface area contributed by atoms with E-state index in [0.717, 1.165) is 31.8 Å². The fraction of sp³-hybridized carbons (Fsp3) is 0.619. The van der Waals surface area contributed by atoms with Crippen LogP contribution in [0.5, 0.6) is 0 Å². The topological polar surface area (TPSA) is 56.3 Å². The molecule has 1 aromatic rings. The molecule has 2 amide bonds. The molecule has 0 atom stereocenters. The third-order valence-electron chi connectivity index (χ3n) is 5.81. The van der Waals surface area contributed by atoms with Gasteiger partial charge in [-0.25, -0.2) is 0 Å². The smallest absolute Gasteiger partial charge is 0.242 e. The van der Waals surface area contributed by atoms with Gasteiger partial charge in [-0.3, -0.25) is 14.5 Å². The highest BCUT2D eigenvalue weighted by molar-refractivity contribution is 7.99. The summed E-state index contributed by atoms with van der Waals surface area (Å²) in [4.78, 5) is 34.9. The first-order chi connectivity index (χ1) is 14.2. The molecule has 2 saturated heterocycles. The molecule has 0 spiro atoms. The maximum atomic E-state index is 12.9. The second-order valence-electron chi connectivity index (χ2n) is 7.74. The van der Waals surface area contributed by atoms with Crippen LogP contribution in [-0.2, 0) is 14.3 Å². The van der Waals surface area contributed by atoms with Crippen molar-refractivity contribution in [2.75, 3.05) is 82.8 Å². The van der Waals surface area contributed by atoms with Gasteiger partial charge in [0.1, 0.15) is 0 Å². The van der Waals surface area contributed by atoms with Crippen molar-refractivity contribution in [3.8, 4) is 0 Å². The summed E-state index contributed by atoms with van der Waals surface area (Å²) in [6, 6.07) is 8.38. The van der Waals surface area contributed by atoms with Crippen LogP contribution in [0.4, 0.5) is 5.69 Å². The van der Waals surface area contributed by atoms with E-state index in [1.165, 1.54) is 10.6 Å². The molecule has 4 rings (SSSR count). The van der Waals surface area contributed by atoms with Gasteiger partial charge in [0.05, 0.1) is 32.0 Å². The Morgan fingerprint density at radius 1 is 0.862 bits per heavy atom. The number of anilines is 1. The molecule has 0 bridgehead atoms. The number of piperazine rings is 1. The lowest BCUT2D eigenvalue weighted by Crippen LogP contribution is -2.54. The van der Waals surface area contributed by atoms with Crippen LogP contribution < -0.4 is 4.90 Å². The van der Waals surface area contributed by atoms with Gasteiger partial charge in [-0.05, 0) is 24.3 Å². The van der Waals surface area contributed by atoms with E-state index in [4.69, 9.17) is 4.74 Å². The fourth-order valence-electron chi connectivity index (χ4n) is 4.09. The summed E-state index contributed by atoms with van der Waals surface area (Å²) in [5.74, 6) is 1.45. The van der Waals surface area contributed by atoms with Crippen molar-refractivity contribution >= 4 is 29.3 Å². The van der Waals surface area contributed by atoms with Crippen molar-refractivity contribution in [2.45, 2.75) is 11.3 Å². The summed E-state index contributed by atoms with van der Waals surface area (Å²) < 4.78 is 5.32. The van der Waals surface area contributed by atoms with Crippen molar-refractivity contribution in [1.82, 2.24) is 14.7 Å². The zero-order valence-corrected chi connectivity index (χ0v) is 17.7. The van der Waals surface area contributed by atoms with Crippen LogP contribution in [0, 0.1) is 0 Å². The number of para-hydroxylation sites is 1. The number of fused-ring (bicyclic) bond motifs is 1. The van der Waals surface area contributed by atoms with E-state index in [2.05, 4.69) is 28.0 Å². The van der Waals surface area contributed by atoms with Gasteiger partial charge < -0.3 is 19.4 Å². The van der Waals surface area contributed by atoms with Crippen LogP contribution in [0.1, 0.15) is 6.42 Å². The van der Waals surface area contributed by atoms with Gasteiger partial charge in [-0.1, -0.05) is 12.1 Å². The molecule has 3 heterocycles. The van der Waals surface area contributed by atoms with E-state index < -0.39 is 0 Å². The Morgan fingerprint density at radius 2 is 1.55 bits per heavy atom. The Morgan fingerprint density at radius 3 is 2.34 bits per heavy atom. The molecular weight excluding hydrogens is 388 g/mol. The van der Waals surface area contributed by atoms with Crippen LogP contribution >= 0.6 is 11.8 Å². The van der Waals surface area contributed by atoms with Crippen molar-refractivity contribution in [1.29, 1.82) is 0 Å². The van der Waals surface area contributed by atoms with Crippen molar-refractivity contribution in [2.24, 2.45) is 0 Å². The van der Waals surface area contributed by atoms with E-state index in [1.807, 2.05) is 27.6 Å². The lowest BCUT2D eigenvalue weighted by atomic mass is 10.2. The van der Waals surface area contributed by atoms with Crippen LogP contribution in [0.15, 0.2) is 29.2 Å². The lowest BCUT2D eigenvalue weighted by Gasteiger charge is -2.37. The Bertz CT molecular complexity index is 718. The number of amides is 2. The molecule has 8 heteroatoms. The standard InChI is InChI=1S/C21H30N4O3S/c26-20(24-11-13-28-14-12-24)16-22-7-9-23(10-8-22)21(27)17-25-6-3-15-29-19-5-2-1-4-18(19)25/h1-2,4-5H,3,6-17H2. The fourth-order valence-corrected chi connectivity index (χ4v) is 5.10. The first kappa shape index (κ1) is 20.5. The summed E-state index contributed by atoms with van der Waals surface area (Å²) >= 11 is 1.88. The number of nitrogens with zero attached hydrogens (tertiary/aromatic N) is 4. The maximum Gasteiger partial charge on any atom is 0.242 e. The van der Waals surface area contributed by atoms with Crippen molar-refractivity contribution < 1.29 is 14.3 Å². The highest BCUT2D eigenvalue weighted by Gasteiger charge is 2.26. The number of carbonyl (C=O) groups excluding carboxylic acids is 2. The van der Waals surface area contributed by atoms with Gasteiger partial charge in [-0.15, -0.1) is 11.8 Å². The third-order valence-corrected chi connectivity index (χ3v) is 6.96. The normalized spacial score (nSPS) is 20.9. The minimum Gasteiger partial charge on any atom is -0.378 e. The Hall–Kier alpha value is -1.77. The summed E-state index contributed by atoms with van der Waals surface area (Å²) in [7, 11) is 0. The van der Waals surface area contributed by atoms with Gasteiger partial charge >= 0.3 is 0 Å². The van der Waals surface area contributed by atoms with Gasteiger partial charge in [0.25, 0.3) is 0 Å². The minimum atomic E-state index is 0.173. The highest BCUT2D eigenvalue weighted by Crippen LogP contribution is 2.33. The lowest BCUT2D eigenvalue weighted by molar-refractivity contribution is -0.137. The van der Waals surface area contributed by atoms with E-state index in [9.17, 15) is 9.59 Å². The summed E-state index contributed by atoms with van der Waals surface area (Å²) in [6.45, 7) is 7.34. The van der Waals surface area contributed by atoms with Crippen LogP contribution in [0.2, 0.25) is 0 Å². The van der Waals surface area contributed by atoms with Crippen LogP contribution in [-0.4, -0.2) is 104 Å². The van der Waals surface area contributed by atoms with E-state index in [-0.39, 0.29) is 11.8 Å². The molecule has 0 aromatic heterocycles. The number of hydrogen-bond donors (Lipinski definition) is 0. The molecule has 0 N–H and O–H groups in total. The first-order valence-corrected chi connectivity index (χ1v) is 11.5. The number of carbonyl (C=O) groups is 2. The van der Waals surface area contributed by atoms with Crippen molar-refractivity contribution in [3.05, 3.63) is 24.3 Å². The number of ether oxygens (including phenoxy) is 1. The molecule has 0 saturated carbocycles. The SMILES string of the molecule is O=C(CN1CCN(C(=O)CN2CCCSc3ccccc32)CC1)N1CCOCC1. The Kier molecular flexibility index (Phi) is 6.94. The summed E-state index contributed by atoms with van der Waals surface area (Å²) in [5.41, 5.74) is 1.18. The number of hydrogen-bond acceptors (Lipinski definition) is 6. The molecule has 7 nitrogen and oxygen atoms in total. The minimum absolute atomic E-state index is 0.173. The maximum absolute atomic E-state index is 12.9. The molecule has 0 unspecified atom stereocenters. The zero-order valence-electron chi connectivity index (χ0n) is 16.9. The van der Waals surface area contributed by atoms with Crippen molar-refractivity contribution in [3.63, 3.8) is 0 Å². The molecule has 3 aliphatic rings. The third kappa shape index (κ3) is 5.24. The molecular formula is C21H30N4O3S. The zero-order chi connectivity index (χ0) is 20.1. The molecule has 3 aliphatic heterocycles. The number of rotatable bonds is 4. The van der Waals surface area contributed by atoms with Gasteiger partial charge in [0.15, 0.2) is 0 Å².